The number of hydrogen-bond acceptors (Lipinski definition) is 4. The van der Waals surface area contributed by atoms with Gasteiger partial charge in [0.05, 0.1) is 12.7 Å². The number of pyridine rings is 1. The van der Waals surface area contributed by atoms with Crippen LogP contribution >= 0.6 is 11.3 Å². The van der Waals surface area contributed by atoms with Crippen LogP contribution in [0, 0.1) is 0 Å². The molecule has 0 fully saturated rings. The van der Waals surface area contributed by atoms with Crippen LogP contribution in [0.15, 0.2) is 42.0 Å². The molecule has 0 amide bonds. The minimum atomic E-state index is -0.0522. The predicted octanol–water partition coefficient (Wildman–Crippen LogP) is 2.40. The minimum absolute atomic E-state index is 0.0522. The first-order chi connectivity index (χ1) is 8.40. The van der Waals surface area contributed by atoms with Crippen molar-refractivity contribution < 1.29 is 4.74 Å². The molecule has 0 aliphatic carbocycles. The molecule has 90 valence electrons. The molecule has 1 unspecified atom stereocenters. The number of ether oxygens (including phenoxy) is 1. The number of hydrogen-bond donors (Lipinski definition) is 1. The molecular weight excluding hydrogens is 232 g/mol. The van der Waals surface area contributed by atoms with Crippen LogP contribution in [0.4, 0.5) is 0 Å². The van der Waals surface area contributed by atoms with Crippen LogP contribution in [0.2, 0.25) is 0 Å². The smallest absolute Gasteiger partial charge is 0.0962 e. The van der Waals surface area contributed by atoms with E-state index in [0.29, 0.717) is 13.2 Å². The Balaban J connectivity index is 1.84. The van der Waals surface area contributed by atoms with Gasteiger partial charge in [-0.1, -0.05) is 12.1 Å². The quantitative estimate of drug-likeness (QED) is 0.854. The lowest BCUT2D eigenvalue weighted by Gasteiger charge is -2.15. The average molecular weight is 248 g/mol. The molecule has 0 aliphatic heterocycles. The molecule has 0 saturated heterocycles. The molecular formula is C13H16N2OS. The Bertz CT molecular complexity index is 416. The second kappa shape index (κ2) is 6.49. The third-order valence-electron chi connectivity index (χ3n) is 2.52. The zero-order valence-corrected chi connectivity index (χ0v) is 10.4. The number of nitrogens with two attached hydrogens (primary N) is 1. The predicted molar refractivity (Wildman–Crippen MR) is 70.0 cm³/mol. The van der Waals surface area contributed by atoms with Crippen LogP contribution in [0.3, 0.4) is 0 Å². The van der Waals surface area contributed by atoms with Gasteiger partial charge in [-0.25, -0.2) is 0 Å². The van der Waals surface area contributed by atoms with Gasteiger partial charge in [0.25, 0.3) is 0 Å². The highest BCUT2D eigenvalue weighted by Crippen LogP contribution is 2.16. The fourth-order valence-corrected chi connectivity index (χ4v) is 2.31. The first-order valence-electron chi connectivity index (χ1n) is 5.64. The van der Waals surface area contributed by atoms with Crippen molar-refractivity contribution in [2.75, 3.05) is 13.2 Å². The van der Waals surface area contributed by atoms with E-state index in [9.17, 15) is 0 Å². The van der Waals surface area contributed by atoms with E-state index in [4.69, 9.17) is 10.5 Å². The zero-order valence-electron chi connectivity index (χ0n) is 9.58. The van der Waals surface area contributed by atoms with Gasteiger partial charge >= 0.3 is 0 Å². The normalized spacial score (nSPS) is 12.5. The molecule has 0 saturated carbocycles. The van der Waals surface area contributed by atoms with Crippen molar-refractivity contribution in [3.8, 4) is 0 Å². The van der Waals surface area contributed by atoms with E-state index in [2.05, 4.69) is 22.5 Å². The Morgan fingerprint density at radius 3 is 2.94 bits per heavy atom. The first kappa shape index (κ1) is 12.2. The van der Waals surface area contributed by atoms with Crippen molar-refractivity contribution in [2.24, 2.45) is 5.73 Å². The Labute approximate surface area is 105 Å². The minimum Gasteiger partial charge on any atom is -0.372 e. The molecule has 0 radical (unpaired) electrons. The topological polar surface area (TPSA) is 48.1 Å². The summed E-state index contributed by atoms with van der Waals surface area (Å²) in [4.78, 5) is 5.42. The summed E-state index contributed by atoms with van der Waals surface area (Å²) < 4.78 is 5.79. The number of rotatable bonds is 6. The van der Waals surface area contributed by atoms with E-state index in [0.717, 1.165) is 12.0 Å². The molecule has 0 spiro atoms. The number of nitrogens with zero attached hydrogens (tertiary/aromatic N) is 1. The molecule has 2 rings (SSSR count). The standard InChI is InChI=1S/C13H16N2OS/c14-9-13(11-3-1-6-15-10-11)16-7-5-12-4-2-8-17-12/h1-4,6,8,10,13H,5,7,9,14H2. The maximum atomic E-state index is 5.79. The van der Waals surface area contributed by atoms with E-state index < -0.39 is 0 Å². The van der Waals surface area contributed by atoms with E-state index in [1.165, 1.54) is 4.88 Å². The summed E-state index contributed by atoms with van der Waals surface area (Å²) in [6, 6.07) is 8.08. The van der Waals surface area contributed by atoms with Crippen LogP contribution in [0.1, 0.15) is 16.5 Å². The molecule has 2 aromatic heterocycles. The lowest BCUT2D eigenvalue weighted by atomic mass is 10.1. The molecule has 17 heavy (non-hydrogen) atoms. The number of aromatic nitrogens is 1. The molecule has 2 aromatic rings. The van der Waals surface area contributed by atoms with Crippen LogP contribution in [-0.4, -0.2) is 18.1 Å². The summed E-state index contributed by atoms with van der Waals surface area (Å²) >= 11 is 1.75. The third-order valence-corrected chi connectivity index (χ3v) is 3.45. The van der Waals surface area contributed by atoms with Gasteiger partial charge in [-0.15, -0.1) is 11.3 Å². The Morgan fingerprint density at radius 2 is 2.29 bits per heavy atom. The SMILES string of the molecule is NCC(OCCc1cccs1)c1cccnc1. The second-order valence-corrected chi connectivity index (χ2v) is 4.74. The zero-order chi connectivity index (χ0) is 11.9. The highest BCUT2D eigenvalue weighted by atomic mass is 32.1. The Kier molecular flexibility index (Phi) is 4.67. The first-order valence-corrected chi connectivity index (χ1v) is 6.52. The van der Waals surface area contributed by atoms with Crippen molar-refractivity contribution in [3.63, 3.8) is 0 Å². The molecule has 1 atom stereocenters. The molecule has 4 heteroatoms. The summed E-state index contributed by atoms with van der Waals surface area (Å²) in [6.45, 7) is 1.17. The Hall–Kier alpha value is -1.23. The maximum Gasteiger partial charge on any atom is 0.0962 e. The fourth-order valence-electron chi connectivity index (χ4n) is 1.62. The van der Waals surface area contributed by atoms with Crippen LogP contribution in [0.25, 0.3) is 0 Å². The van der Waals surface area contributed by atoms with E-state index in [1.54, 1.807) is 17.5 Å². The molecule has 0 aliphatic rings. The van der Waals surface area contributed by atoms with Crippen molar-refractivity contribution in [2.45, 2.75) is 12.5 Å². The third kappa shape index (κ3) is 3.63. The van der Waals surface area contributed by atoms with E-state index >= 15 is 0 Å². The van der Waals surface area contributed by atoms with Gasteiger partial charge in [-0.3, -0.25) is 4.98 Å². The molecule has 3 nitrogen and oxygen atoms in total. The largest absolute Gasteiger partial charge is 0.372 e. The summed E-state index contributed by atoms with van der Waals surface area (Å²) in [5.41, 5.74) is 6.76. The van der Waals surface area contributed by atoms with E-state index in [1.807, 2.05) is 18.3 Å². The van der Waals surface area contributed by atoms with E-state index in [-0.39, 0.29) is 6.10 Å². The van der Waals surface area contributed by atoms with Crippen LogP contribution in [0.5, 0.6) is 0 Å². The van der Waals surface area contributed by atoms with Gasteiger partial charge in [0.1, 0.15) is 0 Å². The summed E-state index contributed by atoms with van der Waals surface area (Å²) in [5.74, 6) is 0. The Morgan fingerprint density at radius 1 is 1.35 bits per heavy atom. The average Bonchev–Trinajstić information content (AvgIpc) is 2.89. The van der Waals surface area contributed by atoms with Crippen molar-refractivity contribution in [1.82, 2.24) is 4.98 Å². The fraction of sp³-hybridized carbons (Fsp3) is 0.308. The number of thiophene rings is 1. The lowest BCUT2D eigenvalue weighted by molar-refractivity contribution is 0.0610. The summed E-state index contributed by atoms with van der Waals surface area (Å²) in [6.07, 6.45) is 4.45. The molecule has 2 N–H and O–H groups in total. The van der Waals surface area contributed by atoms with Gasteiger partial charge in [-0.05, 0) is 17.5 Å². The van der Waals surface area contributed by atoms with Gasteiger partial charge in [0, 0.05) is 35.8 Å². The van der Waals surface area contributed by atoms with Crippen LogP contribution in [-0.2, 0) is 11.2 Å². The summed E-state index contributed by atoms with van der Waals surface area (Å²) in [5, 5.41) is 2.08. The lowest BCUT2D eigenvalue weighted by Crippen LogP contribution is -2.17. The van der Waals surface area contributed by atoms with Crippen molar-refractivity contribution >= 4 is 11.3 Å². The van der Waals surface area contributed by atoms with Crippen LogP contribution < -0.4 is 5.73 Å². The molecule has 0 bridgehead atoms. The maximum absolute atomic E-state index is 5.79. The summed E-state index contributed by atoms with van der Waals surface area (Å²) in [7, 11) is 0. The van der Waals surface area contributed by atoms with Gasteiger partial charge in [0.2, 0.25) is 0 Å². The molecule has 0 aromatic carbocycles. The van der Waals surface area contributed by atoms with Gasteiger partial charge in [-0.2, -0.15) is 0 Å². The highest BCUT2D eigenvalue weighted by molar-refractivity contribution is 7.09. The van der Waals surface area contributed by atoms with Gasteiger partial charge < -0.3 is 10.5 Å². The second-order valence-electron chi connectivity index (χ2n) is 3.71. The monoisotopic (exact) mass is 248 g/mol. The van der Waals surface area contributed by atoms with Crippen molar-refractivity contribution in [1.29, 1.82) is 0 Å². The van der Waals surface area contributed by atoms with Crippen molar-refractivity contribution in [3.05, 3.63) is 52.5 Å². The van der Waals surface area contributed by atoms with Gasteiger partial charge in [0.15, 0.2) is 0 Å². The molecule has 2 heterocycles. The highest BCUT2D eigenvalue weighted by Gasteiger charge is 2.09.